The number of aliphatic hydroxyl groups excluding tert-OH is 1. The highest BCUT2D eigenvalue weighted by molar-refractivity contribution is 9.10. The minimum Gasteiger partial charge on any atom is -0.503 e. The molecule has 1 atom stereocenters. The van der Waals surface area contributed by atoms with Gasteiger partial charge in [-0.15, -0.1) is 11.3 Å². The number of carbonyl (C=O) groups excluding carboxylic acids is 2. The van der Waals surface area contributed by atoms with E-state index in [0.717, 1.165) is 26.8 Å². The molecule has 1 unspecified atom stereocenters. The number of carbonyl (C=O) groups is 2. The van der Waals surface area contributed by atoms with Crippen molar-refractivity contribution in [3.63, 3.8) is 0 Å². The molecule has 0 saturated heterocycles. The van der Waals surface area contributed by atoms with Crippen molar-refractivity contribution in [3.05, 3.63) is 92.0 Å². The fourth-order valence-corrected chi connectivity index (χ4v) is 6.29. The van der Waals surface area contributed by atoms with Crippen molar-refractivity contribution < 1.29 is 27.9 Å². The Kier molecular flexibility index (Phi) is 5.09. The number of fused-ring (bicyclic) bond motifs is 2. The van der Waals surface area contributed by atoms with E-state index in [2.05, 4.69) is 20.9 Å². The van der Waals surface area contributed by atoms with Crippen LogP contribution in [0.5, 0.6) is 0 Å². The fraction of sp³-hybridized carbons (Fsp3) is 0.0417. The second-order valence-electron chi connectivity index (χ2n) is 7.71. The Labute approximate surface area is 211 Å². The summed E-state index contributed by atoms with van der Waals surface area (Å²) in [6, 6.07) is 11.0. The summed E-state index contributed by atoms with van der Waals surface area (Å²) in [7, 11) is 0. The van der Waals surface area contributed by atoms with E-state index in [1.54, 1.807) is 35.7 Å². The summed E-state index contributed by atoms with van der Waals surface area (Å²) in [4.78, 5) is 32.7. The zero-order valence-electron chi connectivity index (χ0n) is 17.3. The van der Waals surface area contributed by atoms with E-state index in [0.29, 0.717) is 21.9 Å². The molecule has 0 radical (unpaired) electrons. The summed E-state index contributed by atoms with van der Waals surface area (Å²) in [6.45, 7) is 0. The van der Waals surface area contributed by atoms with Crippen LogP contribution < -0.4 is 4.90 Å². The van der Waals surface area contributed by atoms with Gasteiger partial charge < -0.3 is 9.52 Å². The molecule has 0 saturated carbocycles. The summed E-state index contributed by atoms with van der Waals surface area (Å²) < 4.78 is 34.8. The molecular weight excluding hydrogens is 562 g/mol. The molecule has 174 valence electrons. The van der Waals surface area contributed by atoms with Crippen molar-refractivity contribution in [3.8, 4) is 0 Å². The van der Waals surface area contributed by atoms with Crippen molar-refractivity contribution in [2.45, 2.75) is 6.04 Å². The first kappa shape index (κ1) is 22.1. The van der Waals surface area contributed by atoms with E-state index in [9.17, 15) is 23.5 Å². The Hall–Kier alpha value is -3.41. The minimum atomic E-state index is -1.02. The number of Topliss-reactive ketones (excluding diaryl/α,β-unsaturated/α-hetero) is 1. The van der Waals surface area contributed by atoms with Gasteiger partial charge in [-0.05, 0) is 41.8 Å². The number of hydrogen-bond acceptors (Lipinski definition) is 7. The lowest BCUT2D eigenvalue weighted by molar-refractivity contribution is -0.117. The number of anilines is 1. The lowest BCUT2D eigenvalue weighted by Crippen LogP contribution is -2.30. The number of nitrogens with zero attached hydrogens (tertiary/aromatic N) is 2. The van der Waals surface area contributed by atoms with Crippen molar-refractivity contribution in [2.24, 2.45) is 0 Å². The van der Waals surface area contributed by atoms with Gasteiger partial charge in [0.05, 0.1) is 10.3 Å². The fourth-order valence-electron chi connectivity index (χ4n) is 4.06. The smallest absolute Gasteiger partial charge is 0.296 e. The number of amides is 1. The molecule has 1 N–H and O–H groups in total. The highest BCUT2D eigenvalue weighted by atomic mass is 79.9. The molecule has 4 heterocycles. The van der Waals surface area contributed by atoms with Gasteiger partial charge in [-0.25, -0.2) is 13.8 Å². The van der Waals surface area contributed by atoms with Crippen molar-refractivity contribution in [1.29, 1.82) is 0 Å². The monoisotopic (exact) mass is 572 g/mol. The number of thiophene rings is 1. The van der Waals surface area contributed by atoms with Gasteiger partial charge in [0.15, 0.2) is 22.5 Å². The van der Waals surface area contributed by atoms with Gasteiger partial charge in [-0.3, -0.25) is 14.5 Å². The largest absolute Gasteiger partial charge is 0.503 e. The molecule has 0 fully saturated rings. The molecule has 6 rings (SSSR count). The molecule has 1 aliphatic heterocycles. The Morgan fingerprint density at radius 3 is 2.77 bits per heavy atom. The van der Waals surface area contributed by atoms with Crippen LogP contribution in [0, 0.1) is 11.6 Å². The van der Waals surface area contributed by atoms with Crippen LogP contribution in [0.25, 0.3) is 21.2 Å². The second kappa shape index (κ2) is 8.08. The van der Waals surface area contributed by atoms with E-state index >= 15 is 0 Å². The SMILES string of the molecule is O=C(C1=C(O)C(=O)N(c2nc3c(F)cc(F)cc3s2)C1c1cccs1)c1cc2cc(Br)ccc2o1. The standard InChI is InChI=1S/C24H11BrF2N2O4S2/c25-11-3-4-14-10(6-11)7-15(33-14)21(30)18-20(16-2-1-5-34-16)29(23(32)22(18)31)24-28-19-13(27)8-12(26)9-17(19)35-24/h1-9,20,31H. The number of aliphatic hydroxyl groups is 1. The summed E-state index contributed by atoms with van der Waals surface area (Å²) in [5.41, 5.74) is 0.182. The molecule has 0 spiro atoms. The third-order valence-electron chi connectivity index (χ3n) is 5.58. The number of hydrogen-bond donors (Lipinski definition) is 1. The average Bonchev–Trinajstić information content (AvgIpc) is 3.59. The van der Waals surface area contributed by atoms with Gasteiger partial charge in [0.1, 0.15) is 23.0 Å². The summed E-state index contributed by atoms with van der Waals surface area (Å²) in [6.07, 6.45) is 0. The molecular formula is C24H11BrF2N2O4S2. The van der Waals surface area contributed by atoms with Crippen LogP contribution in [0.1, 0.15) is 21.5 Å². The van der Waals surface area contributed by atoms with Gasteiger partial charge >= 0.3 is 0 Å². The normalized spacial score (nSPS) is 16.3. The Bertz CT molecular complexity index is 1710. The lowest BCUT2D eigenvalue weighted by Gasteiger charge is -2.22. The maximum atomic E-state index is 14.3. The average molecular weight is 573 g/mol. The van der Waals surface area contributed by atoms with Gasteiger partial charge in [-0.2, -0.15) is 0 Å². The predicted octanol–water partition coefficient (Wildman–Crippen LogP) is 6.93. The van der Waals surface area contributed by atoms with Crippen LogP contribution in [-0.4, -0.2) is 21.8 Å². The third kappa shape index (κ3) is 3.49. The van der Waals surface area contributed by atoms with Gasteiger partial charge in [0.25, 0.3) is 5.91 Å². The topological polar surface area (TPSA) is 83.6 Å². The van der Waals surface area contributed by atoms with Gasteiger partial charge in [0.2, 0.25) is 5.78 Å². The van der Waals surface area contributed by atoms with Crippen molar-refractivity contribution in [2.75, 3.05) is 4.90 Å². The molecule has 0 bridgehead atoms. The third-order valence-corrected chi connectivity index (χ3v) is 8.00. The Morgan fingerprint density at radius 1 is 1.17 bits per heavy atom. The van der Waals surface area contributed by atoms with E-state index in [1.807, 2.05) is 0 Å². The first-order valence-electron chi connectivity index (χ1n) is 10.1. The van der Waals surface area contributed by atoms with Gasteiger partial charge in [0, 0.05) is 20.8 Å². The van der Waals surface area contributed by atoms with Crippen LogP contribution >= 0.6 is 38.6 Å². The zero-order chi connectivity index (χ0) is 24.4. The van der Waals surface area contributed by atoms with Crippen molar-refractivity contribution in [1.82, 2.24) is 4.98 Å². The van der Waals surface area contributed by atoms with Gasteiger partial charge in [-0.1, -0.05) is 33.3 Å². The van der Waals surface area contributed by atoms with Crippen LogP contribution in [0.3, 0.4) is 0 Å². The zero-order valence-corrected chi connectivity index (χ0v) is 20.5. The lowest BCUT2D eigenvalue weighted by atomic mass is 10.0. The van der Waals surface area contributed by atoms with Crippen LogP contribution in [0.2, 0.25) is 0 Å². The molecule has 35 heavy (non-hydrogen) atoms. The van der Waals surface area contributed by atoms with Crippen LogP contribution in [-0.2, 0) is 4.79 Å². The van der Waals surface area contributed by atoms with E-state index in [4.69, 9.17) is 4.42 Å². The molecule has 0 aliphatic carbocycles. The minimum absolute atomic E-state index is 0.0239. The van der Waals surface area contributed by atoms with E-state index < -0.39 is 35.1 Å². The molecule has 1 amide bonds. The number of benzene rings is 2. The molecule has 5 aromatic rings. The summed E-state index contributed by atoms with van der Waals surface area (Å²) >= 11 is 5.53. The summed E-state index contributed by atoms with van der Waals surface area (Å²) in [5.74, 6) is -3.98. The molecule has 3 aromatic heterocycles. The highest BCUT2D eigenvalue weighted by Crippen LogP contribution is 2.46. The maximum Gasteiger partial charge on any atom is 0.296 e. The first-order valence-corrected chi connectivity index (χ1v) is 12.6. The number of aromatic nitrogens is 1. The van der Waals surface area contributed by atoms with E-state index in [-0.39, 0.29) is 26.7 Å². The maximum absolute atomic E-state index is 14.3. The number of halogens is 3. The summed E-state index contributed by atoms with van der Waals surface area (Å²) in [5, 5.41) is 13.3. The Morgan fingerprint density at radius 2 is 2.00 bits per heavy atom. The number of furan rings is 1. The van der Waals surface area contributed by atoms with Crippen LogP contribution in [0.4, 0.5) is 13.9 Å². The second-order valence-corrected chi connectivity index (χ2v) is 10.6. The number of ketones is 1. The quantitative estimate of drug-likeness (QED) is 0.236. The van der Waals surface area contributed by atoms with Crippen LogP contribution in [0.15, 0.2) is 74.1 Å². The Balaban J connectivity index is 1.49. The number of rotatable bonds is 4. The molecule has 1 aliphatic rings. The molecule has 6 nitrogen and oxygen atoms in total. The number of thiazole rings is 1. The molecule has 2 aromatic carbocycles. The molecule has 11 heteroatoms. The predicted molar refractivity (Wildman–Crippen MR) is 132 cm³/mol. The first-order chi connectivity index (χ1) is 16.8. The van der Waals surface area contributed by atoms with E-state index in [1.165, 1.54) is 17.4 Å². The highest BCUT2D eigenvalue weighted by Gasteiger charge is 2.47. The van der Waals surface area contributed by atoms with Crippen molar-refractivity contribution >= 4 is 76.6 Å².